The molecule has 0 aromatic carbocycles. The van der Waals surface area contributed by atoms with Gasteiger partial charge in [-0.2, -0.15) is 5.10 Å². The number of carbonyl (C=O) groups is 1. The molecule has 1 heterocycles. The van der Waals surface area contributed by atoms with Gasteiger partial charge in [-0.25, -0.2) is 4.79 Å². The molecule has 0 fully saturated rings. The number of likely N-dealkylation sites (N-methyl/N-ethyl adjacent to an activating group) is 1. The van der Waals surface area contributed by atoms with E-state index in [4.69, 9.17) is 4.74 Å². The third kappa shape index (κ3) is 6.58. The summed E-state index contributed by atoms with van der Waals surface area (Å²) >= 11 is 0. The third-order valence-electron chi connectivity index (χ3n) is 4.14. The van der Waals surface area contributed by atoms with Crippen LogP contribution in [0.1, 0.15) is 26.7 Å². The summed E-state index contributed by atoms with van der Waals surface area (Å²) in [4.78, 5) is 14.2. The van der Waals surface area contributed by atoms with Gasteiger partial charge in [-0.3, -0.25) is 4.68 Å². The molecule has 7 nitrogen and oxygen atoms in total. The van der Waals surface area contributed by atoms with Crippen molar-refractivity contribution in [1.82, 2.24) is 20.0 Å². The normalized spacial score (nSPS) is 12.7. The molecule has 1 aromatic heterocycles. The first-order chi connectivity index (χ1) is 11.0. The molecule has 0 aliphatic heterocycles. The van der Waals surface area contributed by atoms with Crippen LogP contribution in [0.5, 0.6) is 0 Å². The van der Waals surface area contributed by atoms with Gasteiger partial charge in [0.2, 0.25) is 0 Å². The number of rotatable bonds is 10. The lowest BCUT2D eigenvalue weighted by molar-refractivity contribution is 0.183. The molecule has 1 atom stereocenters. The van der Waals surface area contributed by atoms with Gasteiger partial charge in [0.25, 0.3) is 0 Å². The average molecular weight is 325 g/mol. The van der Waals surface area contributed by atoms with Gasteiger partial charge in [-0.05, 0) is 20.0 Å². The Hall–Kier alpha value is -1.60. The predicted octanol–water partition coefficient (Wildman–Crippen LogP) is 2.02. The van der Waals surface area contributed by atoms with E-state index in [0.29, 0.717) is 37.3 Å². The maximum atomic E-state index is 12.1. The molecule has 0 saturated carbocycles. The fraction of sp³-hybridized carbons (Fsp3) is 0.750. The van der Waals surface area contributed by atoms with Crippen LogP contribution >= 0.6 is 0 Å². The van der Waals surface area contributed by atoms with Gasteiger partial charge in [0.1, 0.15) is 0 Å². The predicted molar refractivity (Wildman–Crippen MR) is 92.7 cm³/mol. The zero-order valence-corrected chi connectivity index (χ0v) is 15.0. The van der Waals surface area contributed by atoms with E-state index in [1.54, 1.807) is 24.2 Å². The maximum absolute atomic E-state index is 12.1. The van der Waals surface area contributed by atoms with E-state index in [2.05, 4.69) is 48.6 Å². The average Bonchev–Trinajstić information content (AvgIpc) is 2.96. The molecule has 132 valence electrons. The van der Waals surface area contributed by atoms with Crippen LogP contribution in [0.3, 0.4) is 0 Å². The topological polar surface area (TPSA) is 71.4 Å². The summed E-state index contributed by atoms with van der Waals surface area (Å²) < 4.78 is 6.74. The first kappa shape index (κ1) is 19.4. The second-order valence-corrected chi connectivity index (χ2v) is 5.93. The van der Waals surface area contributed by atoms with E-state index < -0.39 is 0 Å². The Morgan fingerprint density at radius 2 is 2.09 bits per heavy atom. The SMILES string of the molecule is CCC(CC)[C@H](CNC(=O)Nc1cnn(CCOC)c1)N(C)C. The molecule has 1 aromatic rings. The van der Waals surface area contributed by atoms with Gasteiger partial charge in [0, 0.05) is 25.9 Å². The summed E-state index contributed by atoms with van der Waals surface area (Å²) in [7, 11) is 5.77. The smallest absolute Gasteiger partial charge is 0.319 e. The summed E-state index contributed by atoms with van der Waals surface area (Å²) in [5.41, 5.74) is 0.683. The molecular formula is C16H31N5O2. The van der Waals surface area contributed by atoms with Crippen molar-refractivity contribution in [2.45, 2.75) is 39.3 Å². The highest BCUT2D eigenvalue weighted by Crippen LogP contribution is 2.16. The van der Waals surface area contributed by atoms with Crippen LogP contribution in [0.25, 0.3) is 0 Å². The van der Waals surface area contributed by atoms with Crippen LogP contribution in [0.4, 0.5) is 10.5 Å². The molecular weight excluding hydrogens is 294 g/mol. The largest absolute Gasteiger partial charge is 0.383 e. The van der Waals surface area contributed by atoms with Gasteiger partial charge in [-0.1, -0.05) is 26.7 Å². The summed E-state index contributed by atoms with van der Waals surface area (Å²) in [6, 6.07) is 0.134. The van der Waals surface area contributed by atoms with Crippen LogP contribution in [0.2, 0.25) is 0 Å². The Bertz CT molecular complexity index is 457. The molecule has 0 aliphatic carbocycles. The molecule has 2 N–H and O–H groups in total. The van der Waals surface area contributed by atoms with Crippen LogP contribution in [-0.4, -0.2) is 61.1 Å². The van der Waals surface area contributed by atoms with Crippen LogP contribution in [0.15, 0.2) is 12.4 Å². The number of ether oxygens (including phenoxy) is 1. The Labute approximate surface area is 139 Å². The number of amides is 2. The molecule has 0 aliphatic rings. The second-order valence-electron chi connectivity index (χ2n) is 5.93. The Morgan fingerprint density at radius 3 is 2.65 bits per heavy atom. The lowest BCUT2D eigenvalue weighted by Gasteiger charge is -2.31. The van der Waals surface area contributed by atoms with E-state index >= 15 is 0 Å². The van der Waals surface area contributed by atoms with Gasteiger partial charge in [0.05, 0.1) is 25.0 Å². The number of nitrogens with one attached hydrogen (secondary N) is 2. The minimum absolute atomic E-state index is 0.200. The highest BCUT2D eigenvalue weighted by Gasteiger charge is 2.21. The number of methoxy groups -OCH3 is 1. The van der Waals surface area contributed by atoms with Crippen molar-refractivity contribution in [2.75, 3.05) is 39.7 Å². The Balaban J connectivity index is 2.47. The van der Waals surface area contributed by atoms with Crippen molar-refractivity contribution in [2.24, 2.45) is 5.92 Å². The highest BCUT2D eigenvalue weighted by molar-refractivity contribution is 5.88. The molecule has 0 unspecified atom stereocenters. The standard InChI is InChI=1S/C16H31N5O2/c1-6-13(7-2)15(20(3)4)11-17-16(22)19-14-10-18-21(12-14)8-9-23-5/h10,12-13,15H,6-9,11H2,1-5H3,(H2,17,19,22)/t15-/m0/s1. The summed E-state index contributed by atoms with van der Waals surface area (Å²) in [5.74, 6) is 0.571. The van der Waals surface area contributed by atoms with Crippen LogP contribution in [0, 0.1) is 5.92 Å². The lowest BCUT2D eigenvalue weighted by atomic mass is 9.93. The molecule has 0 saturated heterocycles. The van der Waals surface area contributed by atoms with E-state index in [1.165, 1.54) is 0 Å². The number of hydrogen-bond donors (Lipinski definition) is 2. The molecule has 7 heteroatoms. The Morgan fingerprint density at radius 1 is 1.39 bits per heavy atom. The summed E-state index contributed by atoms with van der Waals surface area (Å²) in [6.07, 6.45) is 5.65. The molecule has 2 amide bonds. The first-order valence-electron chi connectivity index (χ1n) is 8.24. The van der Waals surface area contributed by atoms with E-state index in [9.17, 15) is 4.79 Å². The number of hydrogen-bond acceptors (Lipinski definition) is 4. The van der Waals surface area contributed by atoms with Crippen LogP contribution < -0.4 is 10.6 Å². The minimum Gasteiger partial charge on any atom is -0.383 e. The molecule has 0 bridgehead atoms. The van der Waals surface area contributed by atoms with Crippen molar-refractivity contribution in [3.8, 4) is 0 Å². The molecule has 23 heavy (non-hydrogen) atoms. The van der Waals surface area contributed by atoms with Crippen molar-refractivity contribution in [3.63, 3.8) is 0 Å². The van der Waals surface area contributed by atoms with E-state index in [0.717, 1.165) is 12.8 Å². The number of carbonyl (C=O) groups excluding carboxylic acids is 1. The fourth-order valence-corrected chi connectivity index (χ4v) is 2.71. The fourth-order valence-electron chi connectivity index (χ4n) is 2.71. The zero-order chi connectivity index (χ0) is 17.2. The van der Waals surface area contributed by atoms with Gasteiger partial charge < -0.3 is 20.3 Å². The van der Waals surface area contributed by atoms with Crippen molar-refractivity contribution < 1.29 is 9.53 Å². The molecule has 1 rings (SSSR count). The Kier molecular flexibility index (Phi) is 8.65. The zero-order valence-electron chi connectivity index (χ0n) is 15.0. The minimum atomic E-state index is -0.200. The number of anilines is 1. The van der Waals surface area contributed by atoms with Gasteiger partial charge in [-0.15, -0.1) is 0 Å². The van der Waals surface area contributed by atoms with Crippen molar-refractivity contribution in [1.29, 1.82) is 0 Å². The summed E-state index contributed by atoms with van der Waals surface area (Å²) in [5, 5.41) is 9.95. The second kappa shape index (κ2) is 10.2. The van der Waals surface area contributed by atoms with Crippen molar-refractivity contribution >= 4 is 11.7 Å². The third-order valence-corrected chi connectivity index (χ3v) is 4.14. The number of aromatic nitrogens is 2. The first-order valence-corrected chi connectivity index (χ1v) is 8.24. The number of nitrogens with zero attached hydrogens (tertiary/aromatic N) is 3. The molecule has 0 spiro atoms. The monoisotopic (exact) mass is 325 g/mol. The van der Waals surface area contributed by atoms with Gasteiger partial charge in [0.15, 0.2) is 0 Å². The summed E-state index contributed by atoms with van der Waals surface area (Å²) in [6.45, 7) is 6.27. The highest BCUT2D eigenvalue weighted by atomic mass is 16.5. The van der Waals surface area contributed by atoms with E-state index in [-0.39, 0.29) is 6.03 Å². The maximum Gasteiger partial charge on any atom is 0.319 e. The van der Waals surface area contributed by atoms with Gasteiger partial charge >= 0.3 is 6.03 Å². The van der Waals surface area contributed by atoms with Crippen molar-refractivity contribution in [3.05, 3.63) is 12.4 Å². The van der Waals surface area contributed by atoms with Crippen LogP contribution in [-0.2, 0) is 11.3 Å². The van der Waals surface area contributed by atoms with E-state index in [1.807, 2.05) is 0 Å². The molecule has 0 radical (unpaired) electrons. The quantitative estimate of drug-likeness (QED) is 0.690. The lowest BCUT2D eigenvalue weighted by Crippen LogP contribution is -2.45. The number of urea groups is 1.